The summed E-state index contributed by atoms with van der Waals surface area (Å²) in [6, 6.07) is 0. The molecule has 0 aliphatic heterocycles. The first kappa shape index (κ1) is 32.9. The van der Waals surface area contributed by atoms with E-state index >= 15 is 0 Å². The van der Waals surface area contributed by atoms with Gasteiger partial charge in [0, 0.05) is 6.42 Å². The maximum Gasteiger partial charge on any atom is 0.347 e. The van der Waals surface area contributed by atoms with Gasteiger partial charge in [-0.3, -0.25) is 4.79 Å². The zero-order valence-electron chi connectivity index (χ0n) is 22.4. The van der Waals surface area contributed by atoms with Crippen molar-refractivity contribution >= 4 is 23.9 Å². The number of esters is 3. The van der Waals surface area contributed by atoms with Gasteiger partial charge in [0.05, 0.1) is 0 Å². The predicted molar refractivity (Wildman–Crippen MR) is 134 cm³/mol. The van der Waals surface area contributed by atoms with Gasteiger partial charge in [-0.1, -0.05) is 96.8 Å². The molecule has 0 aliphatic rings. The molecule has 8 heteroatoms. The molecule has 0 rings (SSSR count). The van der Waals surface area contributed by atoms with Crippen molar-refractivity contribution in [2.45, 2.75) is 149 Å². The van der Waals surface area contributed by atoms with E-state index in [0.29, 0.717) is 6.42 Å². The minimum atomic E-state index is -1.35. The molecular formula is C27H48O8. The number of hydrogen-bond donors (Lipinski definition) is 1. The van der Waals surface area contributed by atoms with Gasteiger partial charge in [0.2, 0.25) is 0 Å². The van der Waals surface area contributed by atoms with Crippen LogP contribution in [-0.2, 0) is 33.4 Å². The third kappa shape index (κ3) is 18.8. The summed E-state index contributed by atoms with van der Waals surface area (Å²) in [6.45, 7) is 6.07. The molecule has 204 valence electrons. The number of carbonyl (C=O) groups is 4. The second-order valence-electron chi connectivity index (χ2n) is 9.33. The van der Waals surface area contributed by atoms with Gasteiger partial charge in [-0.15, -0.1) is 0 Å². The summed E-state index contributed by atoms with van der Waals surface area (Å²) in [5.74, 6) is -3.66. The maximum atomic E-state index is 12.0. The number of unbranched alkanes of at least 4 members (excludes halogenated alkanes) is 14. The molecule has 0 aromatic rings. The van der Waals surface area contributed by atoms with Crippen LogP contribution in [0.2, 0.25) is 0 Å². The SMILES string of the molecule is CCCCCCCCCCCCCCCCCC(=O)O[C@@H](C)C(=O)O[C@@H](C)C(=O)O[C@@H](C)C(=O)O. The summed E-state index contributed by atoms with van der Waals surface area (Å²) in [7, 11) is 0. The van der Waals surface area contributed by atoms with Crippen molar-refractivity contribution in [2.75, 3.05) is 0 Å². The fourth-order valence-corrected chi connectivity index (χ4v) is 3.58. The molecule has 8 nitrogen and oxygen atoms in total. The molecule has 0 saturated carbocycles. The van der Waals surface area contributed by atoms with E-state index in [1.54, 1.807) is 0 Å². The van der Waals surface area contributed by atoms with E-state index < -0.39 is 42.2 Å². The lowest BCUT2D eigenvalue weighted by Crippen LogP contribution is -2.35. The summed E-state index contributed by atoms with van der Waals surface area (Å²) >= 11 is 0. The number of ether oxygens (including phenoxy) is 3. The molecular weight excluding hydrogens is 452 g/mol. The Bertz CT molecular complexity index is 604. The van der Waals surface area contributed by atoms with Crippen molar-refractivity contribution in [2.24, 2.45) is 0 Å². The van der Waals surface area contributed by atoms with E-state index in [2.05, 4.69) is 11.7 Å². The maximum absolute atomic E-state index is 12.0. The number of carboxylic acid groups (broad SMARTS) is 1. The molecule has 3 atom stereocenters. The summed E-state index contributed by atoms with van der Waals surface area (Å²) in [6.07, 6.45) is 15.0. The third-order valence-electron chi connectivity index (χ3n) is 5.89. The molecule has 0 aliphatic carbocycles. The summed E-state index contributed by atoms with van der Waals surface area (Å²) < 4.78 is 14.6. The Morgan fingerprint density at radius 3 is 1.29 bits per heavy atom. The molecule has 35 heavy (non-hydrogen) atoms. The molecule has 0 saturated heterocycles. The lowest BCUT2D eigenvalue weighted by Gasteiger charge is -2.17. The Morgan fingerprint density at radius 1 is 0.543 bits per heavy atom. The fourth-order valence-electron chi connectivity index (χ4n) is 3.58. The molecule has 0 aromatic heterocycles. The van der Waals surface area contributed by atoms with Crippen molar-refractivity contribution in [1.29, 1.82) is 0 Å². The molecule has 0 heterocycles. The van der Waals surface area contributed by atoms with E-state index in [1.807, 2.05) is 0 Å². The highest BCUT2D eigenvalue weighted by Crippen LogP contribution is 2.14. The van der Waals surface area contributed by atoms with E-state index in [4.69, 9.17) is 14.6 Å². The Hall–Kier alpha value is -2.12. The average Bonchev–Trinajstić information content (AvgIpc) is 2.81. The van der Waals surface area contributed by atoms with Crippen molar-refractivity contribution in [3.8, 4) is 0 Å². The predicted octanol–water partition coefficient (Wildman–Crippen LogP) is 6.13. The number of rotatable bonds is 22. The molecule has 0 amide bonds. The van der Waals surface area contributed by atoms with Crippen LogP contribution in [0.1, 0.15) is 130 Å². The molecule has 0 fully saturated rings. The molecule has 0 radical (unpaired) electrons. The summed E-state index contributed by atoms with van der Waals surface area (Å²) in [5, 5.41) is 8.74. The monoisotopic (exact) mass is 500 g/mol. The van der Waals surface area contributed by atoms with E-state index in [1.165, 1.54) is 97.8 Å². The van der Waals surface area contributed by atoms with Crippen LogP contribution in [0.25, 0.3) is 0 Å². The minimum Gasteiger partial charge on any atom is -0.479 e. The Kier molecular flexibility index (Phi) is 19.9. The van der Waals surface area contributed by atoms with Crippen molar-refractivity contribution in [1.82, 2.24) is 0 Å². The average molecular weight is 501 g/mol. The van der Waals surface area contributed by atoms with Gasteiger partial charge in [-0.2, -0.15) is 0 Å². The third-order valence-corrected chi connectivity index (χ3v) is 5.89. The highest BCUT2D eigenvalue weighted by atomic mass is 16.6. The van der Waals surface area contributed by atoms with E-state index in [0.717, 1.165) is 12.8 Å². The van der Waals surface area contributed by atoms with Gasteiger partial charge in [0.25, 0.3) is 0 Å². The van der Waals surface area contributed by atoms with Gasteiger partial charge >= 0.3 is 23.9 Å². The number of carboxylic acids is 1. The van der Waals surface area contributed by atoms with Gasteiger partial charge in [-0.05, 0) is 27.2 Å². The highest BCUT2D eigenvalue weighted by Gasteiger charge is 2.27. The molecule has 0 unspecified atom stereocenters. The van der Waals surface area contributed by atoms with Gasteiger partial charge < -0.3 is 19.3 Å². The fraction of sp³-hybridized carbons (Fsp3) is 0.852. The lowest BCUT2D eigenvalue weighted by atomic mass is 10.0. The van der Waals surface area contributed by atoms with Gasteiger partial charge in [0.15, 0.2) is 18.3 Å². The second-order valence-corrected chi connectivity index (χ2v) is 9.33. The molecule has 0 bridgehead atoms. The van der Waals surface area contributed by atoms with Crippen LogP contribution in [0.3, 0.4) is 0 Å². The van der Waals surface area contributed by atoms with E-state index in [-0.39, 0.29) is 6.42 Å². The number of hydrogen-bond acceptors (Lipinski definition) is 7. The zero-order valence-corrected chi connectivity index (χ0v) is 22.4. The standard InChI is InChI=1S/C27H48O8/c1-5-6-7-8-9-10-11-12-13-14-15-16-17-18-19-20-24(28)33-22(3)26(31)35-23(4)27(32)34-21(2)25(29)30/h21-23H,5-20H2,1-4H3,(H,29,30)/t21-,22-,23-/m0/s1. The summed E-state index contributed by atoms with van der Waals surface area (Å²) in [5.41, 5.74) is 0. The van der Waals surface area contributed by atoms with Crippen molar-refractivity contribution < 1.29 is 38.5 Å². The largest absolute Gasteiger partial charge is 0.479 e. The quantitative estimate of drug-likeness (QED) is 0.107. The normalized spacial score (nSPS) is 13.5. The zero-order chi connectivity index (χ0) is 26.5. The Labute approximate surface area is 211 Å². The first-order valence-electron chi connectivity index (χ1n) is 13.5. The van der Waals surface area contributed by atoms with Crippen LogP contribution in [0.5, 0.6) is 0 Å². The highest BCUT2D eigenvalue weighted by molar-refractivity contribution is 5.84. The first-order chi connectivity index (χ1) is 16.7. The Morgan fingerprint density at radius 2 is 0.886 bits per heavy atom. The van der Waals surface area contributed by atoms with Crippen LogP contribution in [0.4, 0.5) is 0 Å². The number of aliphatic carboxylic acids is 1. The lowest BCUT2D eigenvalue weighted by molar-refractivity contribution is -0.181. The van der Waals surface area contributed by atoms with Crippen LogP contribution in [0.15, 0.2) is 0 Å². The number of carbonyl (C=O) groups excluding carboxylic acids is 3. The smallest absolute Gasteiger partial charge is 0.347 e. The van der Waals surface area contributed by atoms with Crippen LogP contribution < -0.4 is 0 Å². The summed E-state index contributed by atoms with van der Waals surface area (Å²) in [4.78, 5) is 46.4. The minimum absolute atomic E-state index is 0.226. The first-order valence-corrected chi connectivity index (χ1v) is 13.5. The topological polar surface area (TPSA) is 116 Å². The second kappa shape index (κ2) is 21.2. The van der Waals surface area contributed by atoms with Gasteiger partial charge in [0.1, 0.15) is 0 Å². The van der Waals surface area contributed by atoms with E-state index in [9.17, 15) is 19.2 Å². The Balaban J connectivity index is 3.71. The van der Waals surface area contributed by atoms with Gasteiger partial charge in [-0.25, -0.2) is 14.4 Å². The van der Waals surface area contributed by atoms with Crippen LogP contribution >= 0.6 is 0 Å². The molecule has 1 N–H and O–H groups in total. The van der Waals surface area contributed by atoms with Crippen LogP contribution in [-0.4, -0.2) is 47.3 Å². The molecule has 0 spiro atoms. The molecule has 0 aromatic carbocycles. The van der Waals surface area contributed by atoms with Crippen molar-refractivity contribution in [3.05, 3.63) is 0 Å². The van der Waals surface area contributed by atoms with Crippen LogP contribution in [0, 0.1) is 0 Å². The van der Waals surface area contributed by atoms with Crippen molar-refractivity contribution in [3.63, 3.8) is 0 Å².